The zero-order chi connectivity index (χ0) is 31.7. The molecule has 14 heteroatoms. The summed E-state index contributed by atoms with van der Waals surface area (Å²) in [7, 11) is 11.7. The normalized spacial score (nSPS) is 31.5. The Morgan fingerprint density at radius 1 is 0.477 bits per heavy atom. The smallest absolute Gasteiger partial charge is 0.263 e. The van der Waals surface area contributed by atoms with Crippen molar-refractivity contribution < 1.29 is 29.4 Å². The third-order valence-electron chi connectivity index (χ3n) is 9.42. The van der Waals surface area contributed by atoms with Crippen molar-refractivity contribution in [1.29, 1.82) is 0 Å². The van der Waals surface area contributed by atoms with Gasteiger partial charge in [-0.3, -0.25) is 19.2 Å². The number of carbonyl (C=O) groups excluding carboxylic acids is 4. The Balaban J connectivity index is 1.09. The monoisotopic (exact) mass is 674 g/mol. The summed E-state index contributed by atoms with van der Waals surface area (Å²) in [5.74, 6) is -0.874. The van der Waals surface area contributed by atoms with Crippen LogP contribution < -0.4 is 0 Å². The number of benzene rings is 2. The van der Waals surface area contributed by atoms with Crippen LogP contribution in [0.1, 0.15) is 22.3 Å². The largest absolute Gasteiger partial charge is 0.392 e. The van der Waals surface area contributed by atoms with Crippen molar-refractivity contribution in [3.63, 3.8) is 0 Å². The molecule has 0 saturated carbocycles. The fourth-order valence-corrected chi connectivity index (χ4v) is 13.5. The van der Waals surface area contributed by atoms with E-state index in [9.17, 15) is 29.4 Å². The van der Waals surface area contributed by atoms with Gasteiger partial charge in [0.05, 0.1) is 13.2 Å². The fourth-order valence-electron chi connectivity index (χ4n) is 6.26. The molecular weight excluding hydrogens is 641 g/mol. The van der Waals surface area contributed by atoms with Crippen LogP contribution in [0.2, 0.25) is 0 Å². The maximum Gasteiger partial charge on any atom is 0.263 e. The number of piperazine rings is 2. The SMILES string of the molecule is CN1C(=O)C2(Cc3ccc(CCc4ccc(CC56SSC(CO)(C(=O)N5C)N(C)C6=O)cc4)cc3)SSC1(CO)C(=O)N2C. The van der Waals surface area contributed by atoms with Gasteiger partial charge in [0.1, 0.15) is 0 Å². The lowest BCUT2D eigenvalue weighted by molar-refractivity contribution is -0.165. The maximum atomic E-state index is 13.4. The van der Waals surface area contributed by atoms with E-state index in [1.807, 2.05) is 24.3 Å². The molecule has 44 heavy (non-hydrogen) atoms. The minimum absolute atomic E-state index is 0.179. The maximum absolute atomic E-state index is 13.4. The highest BCUT2D eigenvalue weighted by atomic mass is 33.1. The predicted octanol–water partition coefficient (Wildman–Crippen LogP) is 1.98. The van der Waals surface area contributed by atoms with E-state index in [2.05, 4.69) is 24.3 Å². The Labute approximate surface area is 272 Å². The van der Waals surface area contributed by atoms with Crippen molar-refractivity contribution in [2.75, 3.05) is 41.4 Å². The Morgan fingerprint density at radius 2 is 0.727 bits per heavy atom. The van der Waals surface area contributed by atoms with Crippen LogP contribution in [0.15, 0.2) is 48.5 Å². The summed E-state index contributed by atoms with van der Waals surface area (Å²) in [5, 5.41) is 19.8. The van der Waals surface area contributed by atoms with E-state index in [4.69, 9.17) is 0 Å². The van der Waals surface area contributed by atoms with E-state index in [0.717, 1.165) is 35.1 Å². The molecule has 4 atom stereocenters. The summed E-state index contributed by atoms with van der Waals surface area (Å²) < 4.78 is 0. The molecule has 6 heterocycles. The van der Waals surface area contributed by atoms with Crippen molar-refractivity contribution in [2.24, 2.45) is 0 Å². The molecular formula is C30H34N4O6S4. The van der Waals surface area contributed by atoms with Crippen LogP contribution in [0.4, 0.5) is 0 Å². The van der Waals surface area contributed by atoms with Crippen LogP contribution in [0.3, 0.4) is 0 Å². The Hall–Kier alpha value is -2.36. The van der Waals surface area contributed by atoms with Crippen molar-refractivity contribution in [3.8, 4) is 0 Å². The van der Waals surface area contributed by atoms with E-state index < -0.39 is 32.7 Å². The van der Waals surface area contributed by atoms with Crippen LogP contribution >= 0.6 is 43.2 Å². The lowest BCUT2D eigenvalue weighted by Gasteiger charge is -2.58. The molecule has 8 rings (SSSR count). The van der Waals surface area contributed by atoms with Gasteiger partial charge in [0.15, 0.2) is 9.74 Å². The standard InChI is InChI=1S/C30H34N4O6S4/c1-31-25(39)29(17-35)33(3)23(37)27(31,41-43-29)15-21-11-7-19(8-12-21)5-6-20-9-13-22(14-10-20)16-28-24(38)34(4)30(18-36,44-42-28)26(40)32(28)2/h7-14,35-36H,5-6,15-18H2,1-4H3. The molecule has 0 aromatic heterocycles. The second-order valence-electron chi connectivity index (χ2n) is 11.7. The summed E-state index contributed by atoms with van der Waals surface area (Å²) in [6, 6.07) is 16.2. The quantitative estimate of drug-likeness (QED) is 0.382. The van der Waals surface area contributed by atoms with Crippen molar-refractivity contribution in [2.45, 2.75) is 45.2 Å². The van der Waals surface area contributed by atoms with Gasteiger partial charge in [-0.25, -0.2) is 0 Å². The molecule has 10 nitrogen and oxygen atoms in total. The number of aryl methyl sites for hydroxylation is 2. The second-order valence-corrected chi connectivity index (χ2v) is 17.1. The van der Waals surface area contributed by atoms with Gasteiger partial charge in [-0.2, -0.15) is 0 Å². The van der Waals surface area contributed by atoms with E-state index in [0.29, 0.717) is 12.8 Å². The van der Waals surface area contributed by atoms with Crippen LogP contribution in [-0.2, 0) is 44.9 Å². The fraction of sp³-hybridized carbons (Fsp3) is 0.467. The van der Waals surface area contributed by atoms with Gasteiger partial charge in [-0.1, -0.05) is 70.1 Å². The number of fused-ring (bicyclic) bond motifs is 6. The van der Waals surface area contributed by atoms with Gasteiger partial charge >= 0.3 is 0 Å². The molecule has 4 amide bonds. The van der Waals surface area contributed by atoms with Gasteiger partial charge in [0.25, 0.3) is 23.6 Å². The number of rotatable bonds is 9. The molecule has 0 aliphatic carbocycles. The molecule has 2 aromatic rings. The molecule has 2 N–H and O–H groups in total. The minimum Gasteiger partial charge on any atom is -0.392 e. The zero-order valence-corrected chi connectivity index (χ0v) is 28.1. The first-order valence-electron chi connectivity index (χ1n) is 14.1. The first kappa shape index (κ1) is 31.6. The van der Waals surface area contributed by atoms with Gasteiger partial charge in [0.2, 0.25) is 9.74 Å². The number of hydrogen-bond acceptors (Lipinski definition) is 10. The van der Waals surface area contributed by atoms with Gasteiger partial charge in [-0.15, -0.1) is 0 Å². The molecule has 0 radical (unpaired) electrons. The number of hydrogen-bond donors (Lipinski definition) is 2. The summed E-state index contributed by atoms with van der Waals surface area (Å²) in [5.41, 5.74) is 4.20. The lowest BCUT2D eigenvalue weighted by Crippen LogP contribution is -2.77. The lowest BCUT2D eigenvalue weighted by atomic mass is 9.95. The van der Waals surface area contributed by atoms with E-state index >= 15 is 0 Å². The van der Waals surface area contributed by atoms with Gasteiger partial charge in [-0.05, 0) is 56.7 Å². The van der Waals surface area contributed by atoms with Crippen molar-refractivity contribution in [1.82, 2.24) is 19.6 Å². The van der Waals surface area contributed by atoms with Crippen LogP contribution in [0, 0.1) is 0 Å². The topological polar surface area (TPSA) is 122 Å². The number of nitrogens with zero attached hydrogens (tertiary/aromatic N) is 4. The van der Waals surface area contributed by atoms with Gasteiger partial charge < -0.3 is 29.8 Å². The van der Waals surface area contributed by atoms with Crippen molar-refractivity contribution in [3.05, 3.63) is 70.8 Å². The highest BCUT2D eigenvalue weighted by Crippen LogP contribution is 2.60. The highest BCUT2D eigenvalue weighted by Gasteiger charge is 2.68. The average molecular weight is 675 g/mol. The van der Waals surface area contributed by atoms with Crippen molar-refractivity contribution >= 4 is 66.8 Å². The first-order valence-corrected chi connectivity index (χ1v) is 18.4. The number of amides is 4. The number of carbonyl (C=O) groups is 4. The van der Waals surface area contributed by atoms with Crippen LogP contribution in [0.25, 0.3) is 0 Å². The van der Waals surface area contributed by atoms with Crippen LogP contribution in [-0.4, -0.2) is 114 Å². The van der Waals surface area contributed by atoms with E-state index in [-0.39, 0.29) is 23.6 Å². The molecule has 6 fully saturated rings. The molecule has 0 spiro atoms. The highest BCUT2D eigenvalue weighted by molar-refractivity contribution is 8.78. The third kappa shape index (κ3) is 4.35. The van der Waals surface area contributed by atoms with Crippen LogP contribution in [0.5, 0.6) is 0 Å². The number of aliphatic hydroxyl groups excluding tert-OH is 2. The first-order chi connectivity index (χ1) is 20.9. The third-order valence-corrected chi connectivity index (χ3v) is 16.8. The summed E-state index contributed by atoms with van der Waals surface area (Å²) in [4.78, 5) is 54.1. The molecule has 6 aliphatic rings. The number of likely N-dealkylation sites (N-methyl/N-ethyl adjacent to an activating group) is 4. The molecule has 4 bridgehead atoms. The molecule has 2 aromatic carbocycles. The Morgan fingerprint density at radius 3 is 1.05 bits per heavy atom. The Bertz CT molecular complexity index is 1410. The van der Waals surface area contributed by atoms with E-state index in [1.54, 1.807) is 28.2 Å². The summed E-state index contributed by atoms with van der Waals surface area (Å²) in [6.45, 7) is -0.853. The second kappa shape index (κ2) is 11.2. The predicted molar refractivity (Wildman–Crippen MR) is 174 cm³/mol. The number of aliphatic hydroxyl groups is 2. The zero-order valence-electron chi connectivity index (χ0n) is 24.8. The summed E-state index contributed by atoms with van der Waals surface area (Å²) >= 11 is 0. The Kier molecular flexibility index (Phi) is 8.02. The molecule has 234 valence electrons. The minimum atomic E-state index is -1.26. The molecule has 6 saturated heterocycles. The summed E-state index contributed by atoms with van der Waals surface area (Å²) in [6.07, 6.45) is 2.37. The molecule has 6 aliphatic heterocycles. The average Bonchev–Trinajstić information content (AvgIpc) is 3.04. The van der Waals surface area contributed by atoms with E-state index in [1.165, 1.54) is 62.8 Å². The van der Waals surface area contributed by atoms with Gasteiger partial charge in [0, 0.05) is 41.0 Å². The molecule has 4 unspecified atom stereocenters.